The molecule has 1 heteroatoms. The van der Waals surface area contributed by atoms with Gasteiger partial charge < -0.3 is 0 Å². The topological polar surface area (TPSA) is 17.1 Å². The van der Waals surface area contributed by atoms with E-state index in [4.69, 9.17) is 0 Å². The van der Waals surface area contributed by atoms with Crippen LogP contribution >= 0.6 is 0 Å². The largest absolute Gasteiger partial charge is 0.285 e. The number of carbonyl (C=O) groups excluding carboxylic acids is 1. The molecule has 0 aromatic rings. The molecule has 0 aromatic carbocycles. The van der Waals surface area contributed by atoms with Gasteiger partial charge in [0.05, 0.1) is 0 Å². The monoisotopic (exact) mass is 218 g/mol. The number of rotatable bonds is 8. The third-order valence-electron chi connectivity index (χ3n) is 2.21. The molecule has 88 valence electrons. The molecule has 0 aromatic heterocycles. The summed E-state index contributed by atoms with van der Waals surface area (Å²) in [5.74, 6) is 5.41. The van der Waals surface area contributed by atoms with Crippen molar-refractivity contribution < 1.29 is 4.79 Å². The Morgan fingerprint density at radius 1 is 1.19 bits per heavy atom. The Balaban J connectivity index is 3.16. The Morgan fingerprint density at radius 3 is 2.56 bits per heavy atom. The fraction of sp³-hybridized carbons (Fsp3) is 0.533. The maximum Gasteiger partial charge on any atom is 0.202 e. The molecule has 0 radical (unpaired) electrons. The van der Waals surface area contributed by atoms with Crippen LogP contribution in [-0.4, -0.2) is 5.78 Å². The van der Waals surface area contributed by atoms with Crippen molar-refractivity contribution in [1.29, 1.82) is 0 Å². The summed E-state index contributed by atoms with van der Waals surface area (Å²) < 4.78 is 0. The molecular weight excluding hydrogens is 196 g/mol. The van der Waals surface area contributed by atoms with Crippen molar-refractivity contribution in [2.75, 3.05) is 0 Å². The summed E-state index contributed by atoms with van der Waals surface area (Å²) >= 11 is 0. The number of allylic oxidation sites excluding steroid dienone is 3. The van der Waals surface area contributed by atoms with Gasteiger partial charge in [-0.3, -0.25) is 4.79 Å². The van der Waals surface area contributed by atoms with E-state index in [-0.39, 0.29) is 5.78 Å². The summed E-state index contributed by atoms with van der Waals surface area (Å²) in [7, 11) is 0. The lowest BCUT2D eigenvalue weighted by atomic mass is 10.1. The van der Waals surface area contributed by atoms with Crippen LogP contribution in [0.5, 0.6) is 0 Å². The van der Waals surface area contributed by atoms with E-state index in [0.29, 0.717) is 0 Å². The van der Waals surface area contributed by atoms with Gasteiger partial charge in [0.15, 0.2) is 0 Å². The number of carbonyl (C=O) groups is 1. The second-order valence-corrected chi connectivity index (χ2v) is 3.83. The van der Waals surface area contributed by atoms with Crippen LogP contribution < -0.4 is 0 Å². The van der Waals surface area contributed by atoms with E-state index in [2.05, 4.69) is 24.5 Å². The summed E-state index contributed by atoms with van der Waals surface area (Å²) in [5, 5.41) is 0. The van der Waals surface area contributed by atoms with Crippen molar-refractivity contribution in [3.63, 3.8) is 0 Å². The molecule has 1 nitrogen and oxygen atoms in total. The SMILES string of the molecule is C=CC=CCCCCCCCC#CC(C)=O. The number of hydrogen-bond acceptors (Lipinski definition) is 1. The van der Waals surface area contributed by atoms with Gasteiger partial charge in [-0.2, -0.15) is 0 Å². The Labute approximate surface area is 99.6 Å². The highest BCUT2D eigenvalue weighted by molar-refractivity contribution is 5.93. The van der Waals surface area contributed by atoms with Gasteiger partial charge >= 0.3 is 0 Å². The molecule has 0 aliphatic rings. The Bertz CT molecular complexity index is 276. The van der Waals surface area contributed by atoms with E-state index in [1.807, 2.05) is 12.2 Å². The highest BCUT2D eigenvalue weighted by Crippen LogP contribution is 2.07. The van der Waals surface area contributed by atoms with Crippen molar-refractivity contribution >= 4 is 5.78 Å². The molecule has 0 saturated heterocycles. The third-order valence-corrected chi connectivity index (χ3v) is 2.21. The average Bonchev–Trinajstić information content (AvgIpc) is 2.25. The Morgan fingerprint density at radius 2 is 1.88 bits per heavy atom. The molecular formula is C15H22O. The molecule has 0 saturated carbocycles. The summed E-state index contributed by atoms with van der Waals surface area (Å²) in [6, 6.07) is 0. The van der Waals surface area contributed by atoms with Crippen LogP contribution in [0.4, 0.5) is 0 Å². The predicted octanol–water partition coefficient (Wildman–Crippen LogP) is 4.05. The predicted molar refractivity (Wildman–Crippen MR) is 70.1 cm³/mol. The normalized spacial score (nSPS) is 9.81. The van der Waals surface area contributed by atoms with Crippen molar-refractivity contribution in [2.45, 2.75) is 51.9 Å². The highest BCUT2D eigenvalue weighted by atomic mass is 16.1. The zero-order valence-electron chi connectivity index (χ0n) is 10.3. The van der Waals surface area contributed by atoms with Crippen molar-refractivity contribution in [3.05, 3.63) is 24.8 Å². The second-order valence-electron chi connectivity index (χ2n) is 3.83. The van der Waals surface area contributed by atoms with E-state index < -0.39 is 0 Å². The molecule has 16 heavy (non-hydrogen) atoms. The Kier molecular flexibility index (Phi) is 10.8. The number of ketones is 1. The molecule has 0 bridgehead atoms. The molecule has 0 heterocycles. The molecule has 0 spiro atoms. The molecule has 0 aliphatic heterocycles. The number of Topliss-reactive ketones (excluding diaryl/α,β-unsaturated/α-hetero) is 1. The van der Waals surface area contributed by atoms with E-state index >= 15 is 0 Å². The second kappa shape index (κ2) is 11.8. The summed E-state index contributed by atoms with van der Waals surface area (Å²) in [5.41, 5.74) is 0. The first kappa shape index (κ1) is 14.7. The molecule has 0 rings (SSSR count). The highest BCUT2D eigenvalue weighted by Gasteiger charge is 1.88. The van der Waals surface area contributed by atoms with Crippen LogP contribution in [0.15, 0.2) is 24.8 Å². The minimum Gasteiger partial charge on any atom is -0.285 e. The van der Waals surface area contributed by atoms with E-state index in [1.165, 1.54) is 32.6 Å². The first-order valence-corrected chi connectivity index (χ1v) is 6.04. The lowest BCUT2D eigenvalue weighted by molar-refractivity contribution is -0.111. The van der Waals surface area contributed by atoms with Crippen LogP contribution in [0.1, 0.15) is 51.9 Å². The Hall–Kier alpha value is -1.29. The van der Waals surface area contributed by atoms with E-state index in [1.54, 1.807) is 0 Å². The molecule has 0 N–H and O–H groups in total. The zero-order chi connectivity index (χ0) is 12.1. The number of hydrogen-bond donors (Lipinski definition) is 0. The maximum atomic E-state index is 10.5. The third kappa shape index (κ3) is 12.7. The lowest BCUT2D eigenvalue weighted by Crippen LogP contribution is -1.81. The van der Waals surface area contributed by atoms with Gasteiger partial charge in [-0.25, -0.2) is 0 Å². The van der Waals surface area contributed by atoms with Crippen LogP contribution in [0.2, 0.25) is 0 Å². The van der Waals surface area contributed by atoms with Crippen molar-refractivity contribution in [2.24, 2.45) is 0 Å². The maximum absolute atomic E-state index is 10.5. The fourth-order valence-electron chi connectivity index (χ4n) is 1.39. The van der Waals surface area contributed by atoms with Gasteiger partial charge in [-0.1, -0.05) is 50.0 Å². The summed E-state index contributed by atoms with van der Waals surface area (Å²) in [6.45, 7) is 5.13. The van der Waals surface area contributed by atoms with Crippen LogP contribution in [0, 0.1) is 11.8 Å². The first-order chi connectivity index (χ1) is 7.77. The number of unbranched alkanes of at least 4 members (excludes halogenated alkanes) is 6. The van der Waals surface area contributed by atoms with Gasteiger partial charge in [-0.15, -0.1) is 0 Å². The van der Waals surface area contributed by atoms with Gasteiger partial charge in [0.1, 0.15) is 0 Å². The van der Waals surface area contributed by atoms with Gasteiger partial charge in [0, 0.05) is 13.3 Å². The van der Waals surface area contributed by atoms with E-state index in [9.17, 15) is 4.79 Å². The van der Waals surface area contributed by atoms with Gasteiger partial charge in [0.25, 0.3) is 0 Å². The lowest BCUT2D eigenvalue weighted by Gasteiger charge is -1.97. The molecule has 0 unspecified atom stereocenters. The van der Waals surface area contributed by atoms with Crippen LogP contribution in [0.3, 0.4) is 0 Å². The fourth-order valence-corrected chi connectivity index (χ4v) is 1.39. The quantitative estimate of drug-likeness (QED) is 0.260. The standard InChI is InChI=1S/C15H22O/c1-3-4-5-6-7-8-9-10-11-12-13-14-15(2)16/h3-5H,1,6-12H2,2H3. The molecule has 0 atom stereocenters. The summed E-state index contributed by atoms with van der Waals surface area (Å²) in [6.07, 6.45) is 14.1. The summed E-state index contributed by atoms with van der Waals surface area (Å²) in [4.78, 5) is 10.5. The van der Waals surface area contributed by atoms with Crippen molar-refractivity contribution in [1.82, 2.24) is 0 Å². The minimum atomic E-state index is -0.0333. The minimum absolute atomic E-state index is 0.0333. The molecule has 0 aliphatic carbocycles. The molecule has 0 amide bonds. The zero-order valence-corrected chi connectivity index (χ0v) is 10.3. The van der Waals surface area contributed by atoms with Crippen molar-refractivity contribution in [3.8, 4) is 11.8 Å². The first-order valence-electron chi connectivity index (χ1n) is 6.04. The average molecular weight is 218 g/mol. The smallest absolute Gasteiger partial charge is 0.202 e. The van der Waals surface area contributed by atoms with Crippen LogP contribution in [0.25, 0.3) is 0 Å². The van der Waals surface area contributed by atoms with E-state index in [0.717, 1.165) is 19.3 Å². The van der Waals surface area contributed by atoms with Gasteiger partial charge in [0.2, 0.25) is 5.78 Å². The van der Waals surface area contributed by atoms with Crippen LogP contribution in [-0.2, 0) is 4.79 Å². The molecule has 0 fully saturated rings. The van der Waals surface area contributed by atoms with Gasteiger partial charge in [-0.05, 0) is 25.2 Å².